The van der Waals surface area contributed by atoms with E-state index in [1.54, 1.807) is 0 Å². The van der Waals surface area contributed by atoms with Gasteiger partial charge in [-0.15, -0.1) is 11.6 Å². The highest BCUT2D eigenvalue weighted by Gasteiger charge is 2.25. The van der Waals surface area contributed by atoms with Crippen LogP contribution in [0.15, 0.2) is 57.4 Å². The van der Waals surface area contributed by atoms with Gasteiger partial charge in [-0.05, 0) is 116 Å². The molecule has 2 saturated carbocycles. The van der Waals surface area contributed by atoms with Gasteiger partial charge < -0.3 is 27.8 Å². The first kappa shape index (κ1) is 45.5. The lowest BCUT2D eigenvalue weighted by molar-refractivity contribution is -0.0525. The zero-order valence-corrected chi connectivity index (χ0v) is 35.8. The zero-order valence-electron chi connectivity index (χ0n) is 34.3. The maximum absolute atomic E-state index is 11.2. The van der Waals surface area contributed by atoms with Crippen LogP contribution >= 0.6 is 11.6 Å². The SMILES string of the molecule is Cc1cccc(-c2nc(CO[C@H]3CCC[C@@H](OCCCC#N)C3)c(C)o2)c1.Cc1cccc(-c2nc(CO[C@H]3CCC[C@@H](OCCCOS(=O)(=O)CCl)C3)c(C)o2)c1. The van der Waals surface area contributed by atoms with Gasteiger partial charge in [0.25, 0.3) is 10.1 Å². The largest absolute Gasteiger partial charge is 0.441 e. The summed E-state index contributed by atoms with van der Waals surface area (Å²) in [5, 5.41) is 8.06. The van der Waals surface area contributed by atoms with Crippen molar-refractivity contribution in [2.45, 2.75) is 136 Å². The number of benzene rings is 2. The highest BCUT2D eigenvalue weighted by Crippen LogP contribution is 2.29. The fourth-order valence-corrected chi connectivity index (χ4v) is 7.68. The Morgan fingerprint density at radius 1 is 0.707 bits per heavy atom. The van der Waals surface area contributed by atoms with E-state index in [0.717, 1.165) is 97.4 Å². The van der Waals surface area contributed by atoms with Crippen molar-refractivity contribution in [3.8, 4) is 29.0 Å². The van der Waals surface area contributed by atoms with Crippen LogP contribution in [0, 0.1) is 39.0 Å². The van der Waals surface area contributed by atoms with E-state index in [-0.39, 0.29) is 31.0 Å². The van der Waals surface area contributed by atoms with Crippen molar-refractivity contribution in [3.05, 3.63) is 82.6 Å². The van der Waals surface area contributed by atoms with Crippen LogP contribution in [0.3, 0.4) is 0 Å². The molecular weight excluding hydrogens is 782 g/mol. The quantitative estimate of drug-likeness (QED) is 0.0501. The number of alkyl halides is 1. The zero-order chi connectivity index (χ0) is 41.3. The number of rotatable bonds is 19. The number of nitriles is 1. The van der Waals surface area contributed by atoms with E-state index in [1.165, 1.54) is 5.56 Å². The van der Waals surface area contributed by atoms with Crippen LogP contribution in [0.25, 0.3) is 22.9 Å². The summed E-state index contributed by atoms with van der Waals surface area (Å²) in [7, 11) is -3.61. The second kappa shape index (κ2) is 23.3. The van der Waals surface area contributed by atoms with Gasteiger partial charge in [-0.25, -0.2) is 9.97 Å². The number of hydrogen-bond donors (Lipinski definition) is 0. The number of aryl methyl sites for hydroxylation is 4. The molecule has 12 nitrogen and oxygen atoms in total. The molecule has 4 atom stereocenters. The minimum Gasteiger partial charge on any atom is -0.441 e. The predicted molar refractivity (Wildman–Crippen MR) is 221 cm³/mol. The van der Waals surface area contributed by atoms with E-state index >= 15 is 0 Å². The fraction of sp³-hybridized carbons (Fsp3) is 0.568. The fourth-order valence-electron chi connectivity index (χ4n) is 7.06. The lowest BCUT2D eigenvalue weighted by atomic mass is 9.95. The Balaban J connectivity index is 0.000000223. The first-order valence-corrected chi connectivity index (χ1v) is 22.5. The number of nitrogens with zero attached hydrogens (tertiary/aromatic N) is 3. The monoisotopic (exact) mass is 839 g/mol. The summed E-state index contributed by atoms with van der Waals surface area (Å²) in [5.74, 6) is 2.85. The summed E-state index contributed by atoms with van der Waals surface area (Å²) in [4.78, 5) is 9.27. The second-order valence-electron chi connectivity index (χ2n) is 15.1. The molecule has 2 heterocycles. The molecular formula is C44H58ClN3O9S. The number of ether oxygens (including phenoxy) is 4. The summed E-state index contributed by atoms with van der Waals surface area (Å²) in [6, 6.07) is 18.4. The minimum atomic E-state index is -3.61. The standard InChI is InChI=1S/C22H30ClNO6S.C22H28N2O3/c1-16-6-3-7-18(12-16)22-24-21(17(2)30-22)14-28-20-9-4-8-19(13-20)27-10-5-11-29-31(25,26)15-23;1-16-7-5-8-18(13-16)22-24-21(17(2)27-22)15-26-20-10-6-9-19(14-20)25-12-4-3-11-23/h3,6-7,12,19-20H,4-5,8-11,13-15H2,1-2H3;5,7-8,13,19-20H,3-4,6,9-10,12,14-15H2,1-2H3/t2*19-,20+/m11/s1. The average Bonchev–Trinajstić information content (AvgIpc) is 3.79. The molecule has 0 aliphatic heterocycles. The molecule has 0 spiro atoms. The number of aromatic nitrogens is 2. The van der Waals surface area contributed by atoms with Gasteiger partial charge in [0.05, 0.1) is 50.3 Å². The summed E-state index contributed by atoms with van der Waals surface area (Å²) in [6.07, 6.45) is 10.4. The molecule has 2 fully saturated rings. The van der Waals surface area contributed by atoms with Gasteiger partial charge in [0.2, 0.25) is 11.8 Å². The molecule has 2 aromatic carbocycles. The van der Waals surface area contributed by atoms with Gasteiger partial charge in [-0.2, -0.15) is 13.7 Å². The van der Waals surface area contributed by atoms with Crippen molar-refractivity contribution >= 4 is 21.7 Å². The normalized spacial score (nSPS) is 19.7. The third-order valence-electron chi connectivity index (χ3n) is 10.2. The van der Waals surface area contributed by atoms with Crippen molar-refractivity contribution in [2.24, 2.45) is 0 Å². The molecule has 0 amide bonds. The molecule has 2 aromatic heterocycles. The lowest BCUT2D eigenvalue weighted by Crippen LogP contribution is -2.28. The Morgan fingerprint density at radius 3 is 1.62 bits per heavy atom. The minimum absolute atomic E-state index is 0.0798. The third-order valence-corrected chi connectivity index (χ3v) is 11.8. The molecule has 6 rings (SSSR count). The van der Waals surface area contributed by atoms with Gasteiger partial charge in [0.15, 0.2) is 0 Å². The van der Waals surface area contributed by atoms with Gasteiger partial charge in [-0.3, -0.25) is 4.18 Å². The molecule has 0 saturated heterocycles. The van der Waals surface area contributed by atoms with Gasteiger partial charge in [0, 0.05) is 30.8 Å². The Hall–Kier alpha value is -3.61. The molecule has 0 bridgehead atoms. The third kappa shape index (κ3) is 14.9. The highest BCUT2D eigenvalue weighted by molar-refractivity contribution is 7.87. The van der Waals surface area contributed by atoms with Crippen LogP contribution in [-0.4, -0.2) is 67.8 Å². The van der Waals surface area contributed by atoms with E-state index in [4.69, 9.17) is 48.8 Å². The molecule has 4 aromatic rings. The van der Waals surface area contributed by atoms with Crippen LogP contribution in [0.2, 0.25) is 0 Å². The predicted octanol–water partition coefficient (Wildman–Crippen LogP) is 9.84. The average molecular weight is 840 g/mol. The molecule has 316 valence electrons. The summed E-state index contributed by atoms with van der Waals surface area (Å²) < 4.78 is 62.9. The van der Waals surface area contributed by atoms with E-state index in [1.807, 2.05) is 51.1 Å². The lowest BCUT2D eigenvalue weighted by Gasteiger charge is -2.29. The van der Waals surface area contributed by atoms with Gasteiger partial charge in [-0.1, -0.05) is 35.4 Å². The van der Waals surface area contributed by atoms with Crippen molar-refractivity contribution in [1.29, 1.82) is 5.26 Å². The maximum Gasteiger partial charge on any atom is 0.281 e. The van der Waals surface area contributed by atoms with Gasteiger partial charge >= 0.3 is 0 Å². The molecule has 2 aliphatic rings. The Kier molecular flexibility index (Phi) is 18.2. The number of unbranched alkanes of at least 4 members (excludes halogenated alkanes) is 1. The van der Waals surface area contributed by atoms with Crippen LogP contribution in [-0.2, 0) is 46.5 Å². The van der Waals surface area contributed by atoms with Crippen LogP contribution in [0.1, 0.15) is 105 Å². The molecule has 2 aliphatic carbocycles. The van der Waals surface area contributed by atoms with Crippen molar-refractivity contribution in [3.63, 3.8) is 0 Å². The van der Waals surface area contributed by atoms with Crippen LogP contribution in [0.5, 0.6) is 0 Å². The van der Waals surface area contributed by atoms with Crippen molar-refractivity contribution in [2.75, 3.05) is 25.0 Å². The van der Waals surface area contributed by atoms with Gasteiger partial charge in [0.1, 0.15) is 28.1 Å². The number of halogens is 1. The molecule has 0 radical (unpaired) electrons. The second-order valence-corrected chi connectivity index (χ2v) is 17.3. The summed E-state index contributed by atoms with van der Waals surface area (Å²) in [6.45, 7) is 10.00. The Morgan fingerprint density at radius 2 is 1.17 bits per heavy atom. The van der Waals surface area contributed by atoms with Crippen molar-refractivity contribution < 1.29 is 40.4 Å². The number of oxazole rings is 2. The summed E-state index contributed by atoms with van der Waals surface area (Å²) >= 11 is 5.30. The molecule has 14 heteroatoms. The molecule has 0 N–H and O–H groups in total. The Labute approximate surface area is 348 Å². The Bertz CT molecular complexity index is 2010. The van der Waals surface area contributed by atoms with Crippen LogP contribution in [0.4, 0.5) is 0 Å². The van der Waals surface area contributed by atoms with E-state index in [0.29, 0.717) is 51.1 Å². The first-order valence-electron chi connectivity index (χ1n) is 20.3. The van der Waals surface area contributed by atoms with E-state index in [9.17, 15) is 8.42 Å². The maximum atomic E-state index is 11.2. The summed E-state index contributed by atoms with van der Waals surface area (Å²) in [5.41, 5.74) is 5.98. The topological polar surface area (TPSA) is 156 Å². The highest BCUT2D eigenvalue weighted by atomic mass is 35.5. The van der Waals surface area contributed by atoms with Crippen LogP contribution < -0.4 is 0 Å². The first-order chi connectivity index (χ1) is 28.0. The molecule has 58 heavy (non-hydrogen) atoms. The van der Waals surface area contributed by atoms with E-state index < -0.39 is 15.3 Å². The molecule has 0 unspecified atom stereocenters. The smallest absolute Gasteiger partial charge is 0.281 e. The number of hydrogen-bond acceptors (Lipinski definition) is 12. The van der Waals surface area contributed by atoms with E-state index in [2.05, 4.69) is 41.2 Å². The van der Waals surface area contributed by atoms with Crippen molar-refractivity contribution in [1.82, 2.24) is 9.97 Å².